The molecule has 142 valence electrons. The topological polar surface area (TPSA) is 72.0 Å². The summed E-state index contributed by atoms with van der Waals surface area (Å²) in [6, 6.07) is 4.71. The first-order valence-corrected chi connectivity index (χ1v) is 8.54. The summed E-state index contributed by atoms with van der Waals surface area (Å²) < 4.78 is 37.9. The van der Waals surface area contributed by atoms with E-state index in [0.717, 1.165) is 18.4 Å². The number of benzene rings is 1. The first-order valence-electron chi connectivity index (χ1n) is 8.16. The number of hydrogen-bond acceptors (Lipinski definition) is 4. The van der Waals surface area contributed by atoms with E-state index in [2.05, 4.69) is 9.97 Å². The Hall–Kier alpha value is -2.48. The molecule has 0 spiro atoms. The normalized spacial score (nSPS) is 14.9. The lowest BCUT2D eigenvalue weighted by atomic mass is 9.92. The second kappa shape index (κ2) is 7.64. The minimum Gasteiger partial charge on any atom is -0.344 e. The van der Waals surface area contributed by atoms with Crippen LogP contribution >= 0.6 is 11.6 Å². The third-order valence-corrected chi connectivity index (χ3v) is 4.84. The predicted molar refractivity (Wildman–Crippen MR) is 91.4 cm³/mol. The number of amides is 1. The fourth-order valence-electron chi connectivity index (χ4n) is 2.78. The minimum atomic E-state index is -3.18. The Bertz CT molecular complexity index is 871. The summed E-state index contributed by atoms with van der Waals surface area (Å²) in [7, 11) is 0. The molecule has 0 saturated heterocycles. The van der Waals surface area contributed by atoms with E-state index < -0.39 is 30.5 Å². The van der Waals surface area contributed by atoms with Gasteiger partial charge in [-0.3, -0.25) is 9.59 Å². The van der Waals surface area contributed by atoms with Gasteiger partial charge in [0.05, 0.1) is 17.1 Å². The monoisotopic (exact) mass is 397 g/mol. The highest BCUT2D eigenvalue weighted by Crippen LogP contribution is 2.50. The van der Waals surface area contributed by atoms with Gasteiger partial charge in [0.2, 0.25) is 0 Å². The van der Waals surface area contributed by atoms with Crippen molar-refractivity contribution < 1.29 is 22.8 Å². The standard InChI is InChI=1S/C18H15ClF3N3O2/c19-12-2-1-11(5-13(12)20)18(3-4-18)6-15-23-7-10(8-24-15)14(26)9-25-17(27)16(21)22/h1-2,5,7-8,16H,3-4,6,9H2,(H,25,27). The van der Waals surface area contributed by atoms with Crippen LogP contribution in [0.5, 0.6) is 0 Å². The summed E-state index contributed by atoms with van der Waals surface area (Å²) in [6.07, 6.45) is 1.60. The van der Waals surface area contributed by atoms with E-state index in [1.54, 1.807) is 6.07 Å². The van der Waals surface area contributed by atoms with Crippen LogP contribution < -0.4 is 5.32 Å². The van der Waals surface area contributed by atoms with Gasteiger partial charge in [0, 0.05) is 24.2 Å². The van der Waals surface area contributed by atoms with Crippen molar-refractivity contribution in [1.29, 1.82) is 0 Å². The third-order valence-electron chi connectivity index (χ3n) is 4.53. The van der Waals surface area contributed by atoms with Gasteiger partial charge < -0.3 is 5.32 Å². The lowest BCUT2D eigenvalue weighted by Gasteiger charge is -2.15. The Morgan fingerprint density at radius 1 is 1.22 bits per heavy atom. The van der Waals surface area contributed by atoms with Gasteiger partial charge in [0.25, 0.3) is 5.91 Å². The van der Waals surface area contributed by atoms with Gasteiger partial charge >= 0.3 is 6.43 Å². The first-order chi connectivity index (χ1) is 12.8. The molecular formula is C18H15ClF3N3O2. The number of nitrogens with zero attached hydrogens (tertiary/aromatic N) is 2. The number of alkyl halides is 2. The molecule has 1 fully saturated rings. The number of halogens is 4. The van der Waals surface area contributed by atoms with Gasteiger partial charge in [-0.05, 0) is 30.5 Å². The van der Waals surface area contributed by atoms with E-state index in [-0.39, 0.29) is 16.0 Å². The van der Waals surface area contributed by atoms with Crippen LogP contribution in [0.3, 0.4) is 0 Å². The molecule has 1 aromatic carbocycles. The molecule has 2 aromatic rings. The second-order valence-corrected chi connectivity index (χ2v) is 6.82. The van der Waals surface area contributed by atoms with Crippen LogP contribution in [0, 0.1) is 5.82 Å². The van der Waals surface area contributed by atoms with E-state index in [1.165, 1.54) is 24.5 Å². The predicted octanol–water partition coefficient (Wildman–Crippen LogP) is 3.11. The van der Waals surface area contributed by atoms with Crippen LogP contribution in [0.15, 0.2) is 30.6 Å². The summed E-state index contributed by atoms with van der Waals surface area (Å²) in [4.78, 5) is 31.0. The Balaban J connectivity index is 1.64. The van der Waals surface area contributed by atoms with Crippen LogP contribution in [-0.2, 0) is 16.6 Å². The summed E-state index contributed by atoms with van der Waals surface area (Å²) in [5.41, 5.74) is 0.681. The van der Waals surface area contributed by atoms with Crippen LogP contribution in [0.25, 0.3) is 0 Å². The van der Waals surface area contributed by atoms with Gasteiger partial charge in [-0.1, -0.05) is 17.7 Å². The average molecular weight is 398 g/mol. The number of ketones is 1. The van der Waals surface area contributed by atoms with Gasteiger partial charge in [-0.25, -0.2) is 14.4 Å². The van der Waals surface area contributed by atoms with Crippen molar-refractivity contribution in [2.45, 2.75) is 31.1 Å². The molecule has 1 amide bonds. The lowest BCUT2D eigenvalue weighted by Crippen LogP contribution is -2.34. The van der Waals surface area contributed by atoms with Gasteiger partial charge in [0.1, 0.15) is 11.6 Å². The number of nitrogens with one attached hydrogen (secondary N) is 1. The molecule has 3 rings (SSSR count). The molecule has 9 heteroatoms. The molecule has 1 aliphatic rings. The molecule has 0 aliphatic heterocycles. The van der Waals surface area contributed by atoms with Crippen molar-refractivity contribution in [2.24, 2.45) is 0 Å². The molecule has 0 unspecified atom stereocenters. The molecule has 27 heavy (non-hydrogen) atoms. The second-order valence-electron chi connectivity index (χ2n) is 6.42. The zero-order chi connectivity index (χ0) is 19.6. The highest BCUT2D eigenvalue weighted by molar-refractivity contribution is 6.30. The van der Waals surface area contributed by atoms with E-state index in [4.69, 9.17) is 11.6 Å². The van der Waals surface area contributed by atoms with Crippen molar-refractivity contribution >= 4 is 23.3 Å². The number of Topliss-reactive ketones (excluding diaryl/α,β-unsaturated/α-hetero) is 1. The Morgan fingerprint density at radius 3 is 2.44 bits per heavy atom. The quantitative estimate of drug-likeness (QED) is 0.729. The molecular weight excluding hydrogens is 383 g/mol. The first kappa shape index (κ1) is 19.3. The van der Waals surface area contributed by atoms with Gasteiger partial charge in [0.15, 0.2) is 5.78 Å². The van der Waals surface area contributed by atoms with Crippen molar-refractivity contribution in [3.63, 3.8) is 0 Å². The van der Waals surface area contributed by atoms with E-state index in [9.17, 15) is 22.8 Å². The van der Waals surface area contributed by atoms with Crippen LogP contribution in [0.4, 0.5) is 13.2 Å². The van der Waals surface area contributed by atoms with Crippen molar-refractivity contribution in [3.05, 3.63) is 58.4 Å². The third kappa shape index (κ3) is 4.44. The molecule has 1 N–H and O–H groups in total. The number of rotatable bonds is 7. The maximum absolute atomic E-state index is 13.7. The molecule has 1 aromatic heterocycles. The molecule has 1 saturated carbocycles. The molecule has 1 heterocycles. The number of carbonyl (C=O) groups is 2. The molecule has 0 radical (unpaired) electrons. The van der Waals surface area contributed by atoms with Crippen LogP contribution in [-0.4, -0.2) is 34.6 Å². The van der Waals surface area contributed by atoms with E-state index >= 15 is 0 Å². The average Bonchev–Trinajstić information content (AvgIpc) is 3.42. The minimum absolute atomic E-state index is 0.0626. The maximum atomic E-state index is 13.7. The summed E-state index contributed by atoms with van der Waals surface area (Å²) in [5, 5.41) is 1.90. The number of aromatic nitrogens is 2. The molecule has 0 atom stereocenters. The van der Waals surface area contributed by atoms with Gasteiger partial charge in [-0.15, -0.1) is 0 Å². The zero-order valence-corrected chi connectivity index (χ0v) is 14.8. The van der Waals surface area contributed by atoms with Crippen molar-refractivity contribution in [3.8, 4) is 0 Å². The van der Waals surface area contributed by atoms with E-state index in [0.29, 0.717) is 12.2 Å². The summed E-state index contributed by atoms with van der Waals surface area (Å²) >= 11 is 5.72. The Kier molecular flexibility index (Phi) is 5.46. The van der Waals surface area contributed by atoms with Crippen LogP contribution in [0.1, 0.15) is 34.6 Å². The molecule has 1 aliphatic carbocycles. The Morgan fingerprint density at radius 2 is 1.89 bits per heavy atom. The Labute approximate surface area is 158 Å². The zero-order valence-electron chi connectivity index (χ0n) is 14.0. The fraction of sp³-hybridized carbons (Fsp3) is 0.333. The summed E-state index contributed by atoms with van der Waals surface area (Å²) in [5.74, 6) is -2.08. The van der Waals surface area contributed by atoms with Crippen LogP contribution in [0.2, 0.25) is 5.02 Å². The lowest BCUT2D eigenvalue weighted by molar-refractivity contribution is -0.131. The molecule has 5 nitrogen and oxygen atoms in total. The van der Waals surface area contributed by atoms with E-state index in [1.807, 2.05) is 5.32 Å². The number of hydrogen-bond donors (Lipinski definition) is 1. The summed E-state index contributed by atoms with van der Waals surface area (Å²) in [6.45, 7) is -0.556. The fourth-order valence-corrected chi connectivity index (χ4v) is 2.90. The maximum Gasteiger partial charge on any atom is 0.315 e. The highest BCUT2D eigenvalue weighted by Gasteiger charge is 2.45. The van der Waals surface area contributed by atoms with Crippen molar-refractivity contribution in [1.82, 2.24) is 15.3 Å². The SMILES string of the molecule is O=C(CNC(=O)C(F)F)c1cnc(CC2(c3ccc(Cl)c(F)c3)CC2)nc1. The highest BCUT2D eigenvalue weighted by atomic mass is 35.5. The molecule has 0 bridgehead atoms. The number of carbonyl (C=O) groups excluding carboxylic acids is 2. The largest absolute Gasteiger partial charge is 0.344 e. The van der Waals surface area contributed by atoms with Crippen molar-refractivity contribution in [2.75, 3.05) is 6.54 Å². The van der Waals surface area contributed by atoms with Gasteiger partial charge in [-0.2, -0.15) is 8.78 Å². The smallest absolute Gasteiger partial charge is 0.315 e.